The van der Waals surface area contributed by atoms with Crippen LogP contribution in [0.3, 0.4) is 0 Å². The van der Waals surface area contributed by atoms with Gasteiger partial charge in [-0.1, -0.05) is 24.3 Å². The Hall–Kier alpha value is -3.21. The summed E-state index contributed by atoms with van der Waals surface area (Å²) in [6.07, 6.45) is 1.58. The second-order valence-electron chi connectivity index (χ2n) is 5.87. The maximum Gasteiger partial charge on any atom is 0.338 e. The summed E-state index contributed by atoms with van der Waals surface area (Å²) in [5.74, 6) is -0.486. The van der Waals surface area contributed by atoms with Crippen molar-refractivity contribution in [2.75, 3.05) is 21.2 Å². The highest BCUT2D eigenvalue weighted by atomic mass is 16.5. The number of nitrogens with zero attached hydrogens (tertiary/aromatic N) is 2. The Kier molecular flexibility index (Phi) is 4.48. The third-order valence-electron chi connectivity index (χ3n) is 3.98. The van der Waals surface area contributed by atoms with Crippen LogP contribution in [0.25, 0.3) is 22.0 Å². The van der Waals surface area contributed by atoms with Gasteiger partial charge in [0, 0.05) is 25.7 Å². The van der Waals surface area contributed by atoms with E-state index in [2.05, 4.69) is 4.98 Å². The van der Waals surface area contributed by atoms with Gasteiger partial charge in [0.15, 0.2) is 0 Å². The molecule has 3 aromatic rings. The van der Waals surface area contributed by atoms with Crippen molar-refractivity contribution >= 4 is 22.8 Å². The molecule has 25 heavy (non-hydrogen) atoms. The lowest BCUT2D eigenvalue weighted by molar-refractivity contribution is 0.0601. The number of ether oxygens (including phenoxy) is 1. The first-order chi connectivity index (χ1) is 12.0. The minimum absolute atomic E-state index is 0.102. The number of fused-ring (bicyclic) bond motifs is 1. The average Bonchev–Trinajstić information content (AvgIpc) is 2.65. The molecule has 0 spiro atoms. The van der Waals surface area contributed by atoms with Gasteiger partial charge in [0.1, 0.15) is 0 Å². The fraction of sp³-hybridized carbons (Fsp3) is 0.150. The number of amides is 1. The Morgan fingerprint density at radius 3 is 2.52 bits per heavy atom. The van der Waals surface area contributed by atoms with Crippen LogP contribution in [0, 0.1) is 0 Å². The van der Waals surface area contributed by atoms with E-state index in [0.717, 1.165) is 22.0 Å². The zero-order valence-electron chi connectivity index (χ0n) is 14.3. The van der Waals surface area contributed by atoms with Crippen LogP contribution in [0.4, 0.5) is 0 Å². The molecule has 0 saturated heterocycles. The van der Waals surface area contributed by atoms with Crippen molar-refractivity contribution in [3.63, 3.8) is 0 Å². The van der Waals surface area contributed by atoms with Crippen LogP contribution in [0.5, 0.6) is 0 Å². The van der Waals surface area contributed by atoms with Crippen molar-refractivity contribution in [2.24, 2.45) is 0 Å². The lowest BCUT2D eigenvalue weighted by Gasteiger charge is -2.11. The molecule has 0 fully saturated rings. The van der Waals surface area contributed by atoms with Gasteiger partial charge >= 0.3 is 5.97 Å². The zero-order valence-corrected chi connectivity index (χ0v) is 14.3. The highest BCUT2D eigenvalue weighted by molar-refractivity contribution is 6.00. The molecular weight excluding hydrogens is 316 g/mol. The normalized spacial score (nSPS) is 10.5. The van der Waals surface area contributed by atoms with Crippen LogP contribution in [0.1, 0.15) is 20.7 Å². The summed E-state index contributed by atoms with van der Waals surface area (Å²) in [4.78, 5) is 30.0. The van der Waals surface area contributed by atoms with Crippen LogP contribution >= 0.6 is 0 Å². The van der Waals surface area contributed by atoms with Gasteiger partial charge < -0.3 is 9.64 Å². The molecule has 1 heterocycles. The quantitative estimate of drug-likeness (QED) is 0.689. The SMILES string of the molecule is COC(=O)c1ccccc1-c1ccc2ncc(C(=O)N(C)C)cc2c1. The number of carbonyl (C=O) groups excluding carboxylic acids is 2. The van der Waals surface area contributed by atoms with E-state index in [1.165, 1.54) is 12.0 Å². The van der Waals surface area contributed by atoms with E-state index >= 15 is 0 Å². The molecule has 5 heteroatoms. The summed E-state index contributed by atoms with van der Waals surface area (Å²) < 4.78 is 4.86. The number of hydrogen-bond donors (Lipinski definition) is 0. The molecule has 0 aliphatic carbocycles. The van der Waals surface area contributed by atoms with Crippen LogP contribution in [0.15, 0.2) is 54.7 Å². The highest BCUT2D eigenvalue weighted by Gasteiger charge is 2.14. The fourth-order valence-corrected chi connectivity index (χ4v) is 2.70. The number of hydrogen-bond acceptors (Lipinski definition) is 4. The van der Waals surface area contributed by atoms with E-state index < -0.39 is 0 Å². The molecular formula is C20H18N2O3. The van der Waals surface area contributed by atoms with Crippen molar-refractivity contribution in [3.8, 4) is 11.1 Å². The predicted octanol–water partition coefficient (Wildman–Crippen LogP) is 3.39. The Bertz CT molecular complexity index is 964. The van der Waals surface area contributed by atoms with Gasteiger partial charge in [-0.2, -0.15) is 0 Å². The molecule has 5 nitrogen and oxygen atoms in total. The largest absolute Gasteiger partial charge is 0.465 e. The topological polar surface area (TPSA) is 59.5 Å². The molecule has 0 bridgehead atoms. The van der Waals surface area contributed by atoms with Crippen molar-refractivity contribution in [2.45, 2.75) is 0 Å². The fourth-order valence-electron chi connectivity index (χ4n) is 2.70. The average molecular weight is 334 g/mol. The summed E-state index contributed by atoms with van der Waals surface area (Å²) in [5.41, 5.74) is 3.45. The predicted molar refractivity (Wildman–Crippen MR) is 96.5 cm³/mol. The zero-order chi connectivity index (χ0) is 18.0. The molecule has 1 aromatic heterocycles. The van der Waals surface area contributed by atoms with E-state index in [-0.39, 0.29) is 11.9 Å². The van der Waals surface area contributed by atoms with Gasteiger partial charge in [-0.3, -0.25) is 9.78 Å². The standard InChI is InChI=1S/C20H18N2O3/c1-22(2)19(23)15-11-14-10-13(8-9-18(14)21-12-15)16-6-4-5-7-17(16)20(24)25-3/h4-12H,1-3H3. The van der Waals surface area contributed by atoms with Crippen molar-refractivity contribution < 1.29 is 14.3 Å². The van der Waals surface area contributed by atoms with E-state index in [0.29, 0.717) is 11.1 Å². The molecule has 1 amide bonds. The van der Waals surface area contributed by atoms with Crippen LogP contribution in [0.2, 0.25) is 0 Å². The molecule has 0 N–H and O–H groups in total. The van der Waals surface area contributed by atoms with Gasteiger partial charge in [-0.15, -0.1) is 0 Å². The van der Waals surface area contributed by atoms with Gasteiger partial charge in [0.05, 0.1) is 23.8 Å². The Morgan fingerprint density at radius 1 is 1.04 bits per heavy atom. The van der Waals surface area contributed by atoms with E-state index in [4.69, 9.17) is 4.74 Å². The molecule has 0 saturated carbocycles. The van der Waals surface area contributed by atoms with E-state index in [1.807, 2.05) is 36.4 Å². The molecule has 0 radical (unpaired) electrons. The number of benzene rings is 2. The highest BCUT2D eigenvalue weighted by Crippen LogP contribution is 2.27. The summed E-state index contributed by atoms with van der Waals surface area (Å²) >= 11 is 0. The number of pyridine rings is 1. The molecule has 0 aliphatic rings. The first kappa shape index (κ1) is 16.6. The first-order valence-corrected chi connectivity index (χ1v) is 7.80. The number of rotatable bonds is 3. The first-order valence-electron chi connectivity index (χ1n) is 7.80. The lowest BCUT2D eigenvalue weighted by Crippen LogP contribution is -2.21. The third-order valence-corrected chi connectivity index (χ3v) is 3.98. The van der Waals surface area contributed by atoms with Crippen molar-refractivity contribution in [3.05, 3.63) is 65.9 Å². The number of methoxy groups -OCH3 is 1. The minimum atomic E-state index is -0.384. The summed E-state index contributed by atoms with van der Waals surface area (Å²) in [5, 5.41) is 0.838. The number of aromatic nitrogens is 1. The second kappa shape index (κ2) is 6.73. The Labute approximate surface area is 145 Å². The van der Waals surface area contributed by atoms with Crippen LogP contribution in [-0.4, -0.2) is 43.0 Å². The van der Waals surface area contributed by atoms with Gasteiger partial charge in [0.25, 0.3) is 5.91 Å². The van der Waals surface area contributed by atoms with E-state index in [1.54, 1.807) is 32.4 Å². The van der Waals surface area contributed by atoms with Crippen molar-refractivity contribution in [1.29, 1.82) is 0 Å². The van der Waals surface area contributed by atoms with Crippen LogP contribution < -0.4 is 0 Å². The van der Waals surface area contributed by atoms with E-state index in [9.17, 15) is 9.59 Å². The monoisotopic (exact) mass is 334 g/mol. The van der Waals surface area contributed by atoms with Crippen molar-refractivity contribution in [1.82, 2.24) is 9.88 Å². The maximum absolute atomic E-state index is 12.2. The molecule has 2 aromatic carbocycles. The molecule has 0 aliphatic heterocycles. The summed E-state index contributed by atoms with van der Waals surface area (Å²) in [6.45, 7) is 0. The maximum atomic E-state index is 12.2. The number of carbonyl (C=O) groups is 2. The summed E-state index contributed by atoms with van der Waals surface area (Å²) in [6, 6.07) is 14.8. The van der Waals surface area contributed by atoms with Gasteiger partial charge in [0.2, 0.25) is 0 Å². The molecule has 3 rings (SSSR count). The third kappa shape index (κ3) is 3.21. The Balaban J connectivity index is 2.13. The molecule has 126 valence electrons. The number of esters is 1. The van der Waals surface area contributed by atoms with Gasteiger partial charge in [-0.05, 0) is 35.4 Å². The Morgan fingerprint density at radius 2 is 1.80 bits per heavy atom. The second-order valence-corrected chi connectivity index (χ2v) is 5.87. The van der Waals surface area contributed by atoms with Crippen LogP contribution in [-0.2, 0) is 4.74 Å². The smallest absolute Gasteiger partial charge is 0.338 e. The summed E-state index contributed by atoms with van der Waals surface area (Å²) in [7, 11) is 4.77. The van der Waals surface area contributed by atoms with Gasteiger partial charge in [-0.25, -0.2) is 4.79 Å². The molecule has 0 unspecified atom stereocenters. The minimum Gasteiger partial charge on any atom is -0.465 e. The molecule has 0 atom stereocenters. The lowest BCUT2D eigenvalue weighted by atomic mass is 9.98.